The molecule has 2 N–H and O–H groups in total. The fourth-order valence-corrected chi connectivity index (χ4v) is 7.34. The number of nitrogens with one attached hydrogen (secondary N) is 1. The second kappa shape index (κ2) is 13.0. The maximum atomic E-state index is 14.1. The Morgan fingerprint density at radius 1 is 0.953 bits per heavy atom. The molecular weight excluding hydrogens is 568 g/mol. The molecule has 0 aromatic heterocycles. The summed E-state index contributed by atoms with van der Waals surface area (Å²) in [4.78, 5) is 41.0. The minimum absolute atomic E-state index is 0.0374. The molecule has 3 atom stereocenters. The standard InChI is InChI=1S/C33H36N2O7S/c1-19(2)15-27(34-33(39)42-17-26-23-11-7-5-9-21(23)22-10-6-8-12-24(22)26)30(36)35-28(32(37)38)18-43-31(35)25-14-13-20(40-3)16-29(25)41-4/h5-14,16,19,26-28,31H,15,17-18H2,1-4H3,(H,34,39)(H,37,38)/t27-,28-,31+/m0/s1. The molecule has 5 rings (SSSR count). The minimum Gasteiger partial charge on any atom is -0.497 e. The van der Waals surface area contributed by atoms with Gasteiger partial charge in [0.25, 0.3) is 0 Å². The second-order valence-electron chi connectivity index (χ2n) is 11.0. The Morgan fingerprint density at radius 3 is 2.19 bits per heavy atom. The Morgan fingerprint density at radius 2 is 1.60 bits per heavy atom. The number of thioether (sulfide) groups is 1. The van der Waals surface area contributed by atoms with Crippen molar-refractivity contribution in [3.05, 3.63) is 83.4 Å². The Hall–Kier alpha value is -4.18. The maximum absolute atomic E-state index is 14.1. The number of alkyl carbamates (subject to hydrolysis) is 1. The molecule has 9 nitrogen and oxygen atoms in total. The van der Waals surface area contributed by atoms with Crippen LogP contribution in [0.4, 0.5) is 4.79 Å². The molecule has 226 valence electrons. The van der Waals surface area contributed by atoms with Crippen LogP contribution in [0.5, 0.6) is 11.5 Å². The van der Waals surface area contributed by atoms with Gasteiger partial charge in [0, 0.05) is 23.3 Å². The predicted molar refractivity (Wildman–Crippen MR) is 164 cm³/mol. The third-order valence-electron chi connectivity index (χ3n) is 7.89. The Labute approximate surface area is 255 Å². The number of fused-ring (bicyclic) bond motifs is 3. The van der Waals surface area contributed by atoms with Gasteiger partial charge < -0.3 is 29.5 Å². The van der Waals surface area contributed by atoms with Gasteiger partial charge in [-0.3, -0.25) is 4.79 Å². The van der Waals surface area contributed by atoms with Gasteiger partial charge in [0.15, 0.2) is 0 Å². The van der Waals surface area contributed by atoms with Crippen molar-refractivity contribution >= 4 is 29.7 Å². The lowest BCUT2D eigenvalue weighted by Crippen LogP contribution is -2.53. The molecule has 0 saturated carbocycles. The molecule has 43 heavy (non-hydrogen) atoms. The summed E-state index contributed by atoms with van der Waals surface area (Å²) < 4.78 is 16.6. The van der Waals surface area contributed by atoms with Gasteiger partial charge in [0.1, 0.15) is 35.6 Å². The van der Waals surface area contributed by atoms with Gasteiger partial charge >= 0.3 is 12.1 Å². The van der Waals surface area contributed by atoms with Crippen LogP contribution in [-0.4, -0.2) is 66.6 Å². The summed E-state index contributed by atoms with van der Waals surface area (Å²) in [6, 6.07) is 19.3. The number of carboxylic acids is 1. The van der Waals surface area contributed by atoms with E-state index in [-0.39, 0.29) is 24.2 Å². The summed E-state index contributed by atoms with van der Waals surface area (Å²) in [6.07, 6.45) is -0.415. The minimum atomic E-state index is -1.11. The van der Waals surface area contributed by atoms with Gasteiger partial charge in [-0.05, 0) is 46.7 Å². The van der Waals surface area contributed by atoms with E-state index in [0.29, 0.717) is 23.5 Å². The van der Waals surface area contributed by atoms with E-state index in [0.717, 1.165) is 22.3 Å². The highest BCUT2D eigenvalue weighted by Gasteiger charge is 2.46. The van der Waals surface area contributed by atoms with Crippen molar-refractivity contribution in [1.29, 1.82) is 0 Å². The van der Waals surface area contributed by atoms with Gasteiger partial charge in [-0.2, -0.15) is 0 Å². The first kappa shape index (κ1) is 30.3. The molecule has 1 aliphatic carbocycles. The van der Waals surface area contributed by atoms with Crippen molar-refractivity contribution in [2.75, 3.05) is 26.6 Å². The maximum Gasteiger partial charge on any atom is 0.407 e. The molecule has 1 heterocycles. The normalized spacial score (nSPS) is 18.1. The summed E-state index contributed by atoms with van der Waals surface area (Å²) in [7, 11) is 3.06. The number of methoxy groups -OCH3 is 2. The summed E-state index contributed by atoms with van der Waals surface area (Å²) in [6.45, 7) is 3.99. The van der Waals surface area contributed by atoms with Gasteiger partial charge in [-0.15, -0.1) is 11.8 Å². The number of carbonyl (C=O) groups is 3. The van der Waals surface area contributed by atoms with Crippen molar-refractivity contribution in [2.24, 2.45) is 5.92 Å². The fourth-order valence-electron chi connectivity index (χ4n) is 5.88. The number of rotatable bonds is 10. The van der Waals surface area contributed by atoms with Crippen molar-refractivity contribution in [1.82, 2.24) is 10.2 Å². The van der Waals surface area contributed by atoms with E-state index in [1.54, 1.807) is 25.3 Å². The Kier molecular flexibility index (Phi) is 9.15. The average Bonchev–Trinajstić information content (AvgIpc) is 3.59. The molecule has 1 saturated heterocycles. The fraction of sp³-hybridized carbons (Fsp3) is 0.364. The zero-order valence-corrected chi connectivity index (χ0v) is 25.4. The van der Waals surface area contributed by atoms with Crippen molar-refractivity contribution in [2.45, 2.75) is 43.6 Å². The molecule has 1 aliphatic heterocycles. The number of nitrogens with zero attached hydrogens (tertiary/aromatic N) is 1. The van der Waals surface area contributed by atoms with Crippen LogP contribution in [-0.2, 0) is 14.3 Å². The predicted octanol–water partition coefficient (Wildman–Crippen LogP) is 5.68. The highest BCUT2D eigenvalue weighted by molar-refractivity contribution is 7.99. The number of carboxylic acid groups (broad SMARTS) is 1. The number of hydrogen-bond donors (Lipinski definition) is 2. The third-order valence-corrected chi connectivity index (χ3v) is 9.19. The summed E-state index contributed by atoms with van der Waals surface area (Å²) in [5.74, 6) is -0.439. The van der Waals surface area contributed by atoms with Crippen LogP contribution >= 0.6 is 11.8 Å². The first-order chi connectivity index (χ1) is 20.7. The highest BCUT2D eigenvalue weighted by atomic mass is 32.2. The quantitative estimate of drug-likeness (QED) is 0.304. The summed E-state index contributed by atoms with van der Waals surface area (Å²) in [5, 5.41) is 12.2. The van der Waals surface area contributed by atoms with E-state index in [4.69, 9.17) is 14.2 Å². The number of amides is 2. The van der Waals surface area contributed by atoms with Crippen molar-refractivity contribution < 1.29 is 33.7 Å². The number of hydrogen-bond acceptors (Lipinski definition) is 7. The van der Waals surface area contributed by atoms with Crippen LogP contribution in [0.1, 0.15) is 48.3 Å². The monoisotopic (exact) mass is 604 g/mol. The zero-order valence-electron chi connectivity index (χ0n) is 24.6. The SMILES string of the molecule is COc1ccc([C@H]2SC[C@@H](C(=O)O)N2C(=O)[C@H](CC(C)C)NC(=O)OCC2c3ccccc3-c3ccccc32)c(OC)c1. The number of carbonyl (C=O) groups excluding carboxylic acids is 2. The molecule has 2 aliphatic rings. The summed E-state index contributed by atoms with van der Waals surface area (Å²) in [5.41, 5.74) is 5.05. The number of ether oxygens (including phenoxy) is 3. The lowest BCUT2D eigenvalue weighted by Gasteiger charge is -2.32. The topological polar surface area (TPSA) is 114 Å². The van der Waals surface area contributed by atoms with Crippen LogP contribution in [0.25, 0.3) is 11.1 Å². The molecule has 0 bridgehead atoms. The van der Waals surface area contributed by atoms with E-state index in [9.17, 15) is 19.5 Å². The van der Waals surface area contributed by atoms with Crippen LogP contribution in [0.2, 0.25) is 0 Å². The number of aliphatic carboxylic acids is 1. The van der Waals surface area contributed by atoms with Gasteiger partial charge in [-0.25, -0.2) is 9.59 Å². The Balaban J connectivity index is 1.36. The highest BCUT2D eigenvalue weighted by Crippen LogP contribution is 2.46. The van der Waals surface area contributed by atoms with E-state index >= 15 is 0 Å². The van der Waals surface area contributed by atoms with E-state index in [1.807, 2.05) is 50.2 Å². The van der Waals surface area contributed by atoms with Crippen LogP contribution in [0, 0.1) is 5.92 Å². The molecule has 0 radical (unpaired) electrons. The lowest BCUT2D eigenvalue weighted by atomic mass is 9.98. The van der Waals surface area contributed by atoms with Crippen LogP contribution in [0.3, 0.4) is 0 Å². The van der Waals surface area contributed by atoms with Crippen molar-refractivity contribution in [3.63, 3.8) is 0 Å². The molecule has 0 unspecified atom stereocenters. The van der Waals surface area contributed by atoms with E-state index < -0.39 is 35.4 Å². The molecule has 0 spiro atoms. The molecule has 2 amide bonds. The molecule has 10 heteroatoms. The third kappa shape index (κ3) is 6.15. The number of benzene rings is 3. The summed E-state index contributed by atoms with van der Waals surface area (Å²) >= 11 is 1.34. The van der Waals surface area contributed by atoms with Crippen LogP contribution in [0.15, 0.2) is 66.7 Å². The Bertz CT molecular complexity index is 1460. The first-order valence-corrected chi connectivity index (χ1v) is 15.3. The van der Waals surface area contributed by atoms with E-state index in [1.165, 1.54) is 23.8 Å². The lowest BCUT2D eigenvalue weighted by molar-refractivity contribution is -0.150. The first-order valence-electron chi connectivity index (χ1n) is 14.2. The van der Waals surface area contributed by atoms with Gasteiger partial charge in [-0.1, -0.05) is 62.4 Å². The smallest absolute Gasteiger partial charge is 0.407 e. The van der Waals surface area contributed by atoms with Crippen molar-refractivity contribution in [3.8, 4) is 22.6 Å². The molecule has 1 fully saturated rings. The second-order valence-corrected chi connectivity index (χ2v) is 12.2. The average molecular weight is 605 g/mol. The largest absolute Gasteiger partial charge is 0.497 e. The van der Waals surface area contributed by atoms with Crippen LogP contribution < -0.4 is 14.8 Å². The van der Waals surface area contributed by atoms with Gasteiger partial charge in [0.05, 0.1) is 14.2 Å². The zero-order chi connectivity index (χ0) is 30.7. The van der Waals surface area contributed by atoms with Gasteiger partial charge in [0.2, 0.25) is 5.91 Å². The molecule has 3 aromatic carbocycles. The van der Waals surface area contributed by atoms with E-state index in [2.05, 4.69) is 17.4 Å². The molecular formula is C33H36N2O7S. The molecule has 3 aromatic rings.